The molecule has 2 aromatic heterocycles. The molecular formula is C16H18ClN3O. The van der Waals surface area contributed by atoms with E-state index in [2.05, 4.69) is 21.4 Å². The van der Waals surface area contributed by atoms with E-state index in [1.165, 1.54) is 0 Å². The zero-order valence-corrected chi connectivity index (χ0v) is 12.5. The van der Waals surface area contributed by atoms with Crippen molar-refractivity contribution in [1.29, 1.82) is 0 Å². The van der Waals surface area contributed by atoms with Crippen LogP contribution in [0, 0.1) is 5.92 Å². The molecule has 21 heavy (non-hydrogen) atoms. The zero-order chi connectivity index (χ0) is 14.5. The first-order valence-electron chi connectivity index (χ1n) is 7.19. The van der Waals surface area contributed by atoms with Gasteiger partial charge in [0.2, 0.25) is 0 Å². The van der Waals surface area contributed by atoms with Gasteiger partial charge in [0, 0.05) is 55.7 Å². The summed E-state index contributed by atoms with van der Waals surface area (Å²) in [5, 5.41) is 4.11. The normalized spacial score (nSPS) is 15.9. The molecular weight excluding hydrogens is 286 g/mol. The molecule has 4 nitrogen and oxygen atoms in total. The summed E-state index contributed by atoms with van der Waals surface area (Å²) in [5.74, 6) is 0.673. The quantitative estimate of drug-likeness (QED) is 0.937. The fraction of sp³-hybridized carbons (Fsp3) is 0.375. The van der Waals surface area contributed by atoms with Crippen LogP contribution in [-0.2, 0) is 4.74 Å². The molecule has 0 aliphatic carbocycles. The zero-order valence-electron chi connectivity index (χ0n) is 11.8. The van der Waals surface area contributed by atoms with Crippen LogP contribution < -0.4 is 5.32 Å². The third-order valence-corrected chi connectivity index (χ3v) is 4.06. The summed E-state index contributed by atoms with van der Waals surface area (Å²) < 4.78 is 5.38. The van der Waals surface area contributed by atoms with Crippen LogP contribution in [0.1, 0.15) is 12.8 Å². The summed E-state index contributed by atoms with van der Waals surface area (Å²) in [5.41, 5.74) is 2.97. The summed E-state index contributed by atoms with van der Waals surface area (Å²) in [6.07, 6.45) is 9.30. The maximum atomic E-state index is 6.19. The molecule has 0 bridgehead atoms. The molecule has 0 aromatic carbocycles. The first-order chi connectivity index (χ1) is 10.3. The van der Waals surface area contributed by atoms with Gasteiger partial charge in [-0.25, -0.2) is 0 Å². The number of anilines is 1. The Balaban J connectivity index is 1.70. The van der Waals surface area contributed by atoms with Crippen molar-refractivity contribution < 1.29 is 4.74 Å². The second-order valence-electron chi connectivity index (χ2n) is 5.25. The Morgan fingerprint density at radius 1 is 1.19 bits per heavy atom. The fourth-order valence-corrected chi connectivity index (χ4v) is 2.73. The number of ether oxygens (including phenoxy) is 1. The van der Waals surface area contributed by atoms with Gasteiger partial charge < -0.3 is 10.1 Å². The third kappa shape index (κ3) is 3.71. The van der Waals surface area contributed by atoms with Crippen molar-refractivity contribution in [2.75, 3.05) is 25.1 Å². The molecule has 110 valence electrons. The van der Waals surface area contributed by atoms with E-state index in [4.69, 9.17) is 16.3 Å². The molecule has 5 heteroatoms. The van der Waals surface area contributed by atoms with Gasteiger partial charge in [-0.1, -0.05) is 11.6 Å². The highest BCUT2D eigenvalue weighted by molar-refractivity contribution is 6.33. The molecule has 0 unspecified atom stereocenters. The second kappa shape index (κ2) is 6.87. The molecule has 0 amide bonds. The Hall–Kier alpha value is -1.65. The minimum absolute atomic E-state index is 0.640. The van der Waals surface area contributed by atoms with Crippen LogP contribution in [0.25, 0.3) is 11.1 Å². The van der Waals surface area contributed by atoms with Crippen LogP contribution in [0.15, 0.2) is 36.9 Å². The van der Waals surface area contributed by atoms with Gasteiger partial charge in [0.15, 0.2) is 0 Å². The lowest BCUT2D eigenvalue weighted by Gasteiger charge is -2.22. The number of hydrogen-bond acceptors (Lipinski definition) is 4. The molecule has 0 atom stereocenters. The van der Waals surface area contributed by atoms with E-state index >= 15 is 0 Å². The Morgan fingerprint density at radius 2 is 2.05 bits per heavy atom. The molecule has 1 aliphatic heterocycles. The van der Waals surface area contributed by atoms with Crippen LogP contribution in [-0.4, -0.2) is 29.7 Å². The van der Waals surface area contributed by atoms with Crippen LogP contribution >= 0.6 is 11.6 Å². The highest BCUT2D eigenvalue weighted by atomic mass is 35.5. The molecule has 1 aliphatic rings. The van der Waals surface area contributed by atoms with E-state index in [9.17, 15) is 0 Å². The smallest absolute Gasteiger partial charge is 0.0668 e. The standard InChI is InChI=1S/C16H18ClN3O/c17-16-11-18-4-1-15(16)13-7-14(10-19-9-13)20-8-12-2-5-21-6-3-12/h1,4,7,9-12,20H,2-3,5-6,8H2. The van der Waals surface area contributed by atoms with Gasteiger partial charge in [-0.2, -0.15) is 0 Å². The Morgan fingerprint density at radius 3 is 2.86 bits per heavy atom. The minimum atomic E-state index is 0.640. The number of aromatic nitrogens is 2. The highest BCUT2D eigenvalue weighted by Crippen LogP contribution is 2.28. The van der Waals surface area contributed by atoms with Gasteiger partial charge >= 0.3 is 0 Å². The highest BCUT2D eigenvalue weighted by Gasteiger charge is 2.13. The van der Waals surface area contributed by atoms with E-state index in [-0.39, 0.29) is 0 Å². The SMILES string of the molecule is Clc1cnccc1-c1cncc(NCC2CCOCC2)c1. The number of pyridine rings is 2. The Kier molecular flexibility index (Phi) is 4.68. The predicted molar refractivity (Wildman–Crippen MR) is 84.5 cm³/mol. The van der Waals surface area contributed by atoms with Crippen LogP contribution in [0.3, 0.4) is 0 Å². The lowest BCUT2D eigenvalue weighted by molar-refractivity contribution is 0.0699. The molecule has 0 saturated carbocycles. The molecule has 3 rings (SSSR count). The van der Waals surface area contributed by atoms with E-state index in [0.717, 1.165) is 49.4 Å². The molecule has 1 N–H and O–H groups in total. The fourth-order valence-electron chi connectivity index (χ4n) is 2.51. The monoisotopic (exact) mass is 303 g/mol. The molecule has 1 fully saturated rings. The van der Waals surface area contributed by atoms with Gasteiger partial charge in [-0.3, -0.25) is 9.97 Å². The van der Waals surface area contributed by atoms with E-state index in [1.54, 1.807) is 12.4 Å². The largest absolute Gasteiger partial charge is 0.384 e. The predicted octanol–water partition coefficient (Wildman–Crippen LogP) is 3.64. The molecule has 0 radical (unpaired) electrons. The van der Waals surface area contributed by atoms with E-state index in [1.807, 2.05) is 18.5 Å². The second-order valence-corrected chi connectivity index (χ2v) is 5.66. The van der Waals surface area contributed by atoms with Crippen molar-refractivity contribution in [3.05, 3.63) is 41.9 Å². The summed E-state index contributed by atoms with van der Waals surface area (Å²) in [6, 6.07) is 3.98. The van der Waals surface area contributed by atoms with Crippen molar-refractivity contribution in [2.45, 2.75) is 12.8 Å². The molecule has 1 saturated heterocycles. The van der Waals surface area contributed by atoms with Gasteiger partial charge in [0.1, 0.15) is 0 Å². The number of nitrogens with zero attached hydrogens (tertiary/aromatic N) is 2. The van der Waals surface area contributed by atoms with E-state index in [0.29, 0.717) is 10.9 Å². The van der Waals surface area contributed by atoms with Crippen LogP contribution in [0.4, 0.5) is 5.69 Å². The number of nitrogens with one attached hydrogen (secondary N) is 1. The Labute approximate surface area is 129 Å². The van der Waals surface area contributed by atoms with Crippen molar-refractivity contribution in [1.82, 2.24) is 9.97 Å². The third-order valence-electron chi connectivity index (χ3n) is 3.76. The maximum absolute atomic E-state index is 6.19. The minimum Gasteiger partial charge on any atom is -0.384 e. The van der Waals surface area contributed by atoms with Crippen molar-refractivity contribution in [3.63, 3.8) is 0 Å². The summed E-state index contributed by atoms with van der Waals surface area (Å²) in [4.78, 5) is 8.31. The lowest BCUT2D eigenvalue weighted by atomic mass is 10.0. The van der Waals surface area contributed by atoms with Gasteiger partial charge in [0.05, 0.1) is 10.7 Å². The Bertz CT molecular complexity index is 600. The summed E-state index contributed by atoms with van der Waals surface area (Å²) >= 11 is 6.19. The summed E-state index contributed by atoms with van der Waals surface area (Å²) in [6.45, 7) is 2.70. The average molecular weight is 304 g/mol. The first kappa shape index (κ1) is 14.3. The molecule has 0 spiro atoms. The van der Waals surface area contributed by atoms with Crippen molar-refractivity contribution in [2.24, 2.45) is 5.92 Å². The van der Waals surface area contributed by atoms with Gasteiger partial charge in [-0.15, -0.1) is 0 Å². The van der Waals surface area contributed by atoms with Gasteiger partial charge in [-0.05, 0) is 30.9 Å². The number of hydrogen-bond donors (Lipinski definition) is 1. The van der Waals surface area contributed by atoms with Gasteiger partial charge in [0.25, 0.3) is 0 Å². The topological polar surface area (TPSA) is 47.0 Å². The summed E-state index contributed by atoms with van der Waals surface area (Å²) in [7, 11) is 0. The lowest BCUT2D eigenvalue weighted by Crippen LogP contribution is -2.22. The van der Waals surface area contributed by atoms with Crippen LogP contribution in [0.2, 0.25) is 5.02 Å². The van der Waals surface area contributed by atoms with Crippen molar-refractivity contribution in [3.8, 4) is 11.1 Å². The van der Waals surface area contributed by atoms with Crippen molar-refractivity contribution >= 4 is 17.3 Å². The van der Waals surface area contributed by atoms with Crippen LogP contribution in [0.5, 0.6) is 0 Å². The van der Waals surface area contributed by atoms with E-state index < -0.39 is 0 Å². The molecule has 3 heterocycles. The molecule has 2 aromatic rings. The first-order valence-corrected chi connectivity index (χ1v) is 7.57. The number of rotatable bonds is 4. The average Bonchev–Trinajstić information content (AvgIpc) is 2.55. The maximum Gasteiger partial charge on any atom is 0.0668 e. The number of halogens is 1.